The van der Waals surface area contributed by atoms with E-state index in [4.69, 9.17) is 0 Å². The molecule has 5 aliphatic carbocycles. The summed E-state index contributed by atoms with van der Waals surface area (Å²) in [5.74, 6) is 2.94. The Morgan fingerprint density at radius 2 is 1.11 bits per heavy atom. The van der Waals surface area contributed by atoms with Crippen LogP contribution in [0.4, 0.5) is 34.1 Å². The van der Waals surface area contributed by atoms with E-state index >= 15 is 0 Å². The van der Waals surface area contributed by atoms with Gasteiger partial charge in [0.15, 0.2) is 0 Å². The minimum atomic E-state index is 0.382. The smallest absolute Gasteiger partial charge is 0.0601 e. The zero-order chi connectivity index (χ0) is 36.8. The SMILES string of the molecule is c1ccc(-c2cccc(-c3cccc(N(c4ccc(N5c6ccccc6Sc6ccccc65)cc4)c4ccc(C56CC7CC8CC(C7)(C5)C8C6)cc4)c3)c2)cc1. The average molecular weight is 741 g/mol. The first-order chi connectivity index (χ1) is 27.6. The molecule has 5 unspecified atom stereocenters. The fraction of sp³-hybridized carbons (Fsp3) is 0.208. The maximum absolute atomic E-state index is 2.50. The Morgan fingerprint density at radius 1 is 0.500 bits per heavy atom. The summed E-state index contributed by atoms with van der Waals surface area (Å²) in [6, 6.07) is 65.3. The maximum Gasteiger partial charge on any atom is 0.0601 e. The van der Waals surface area contributed by atoms with Crippen LogP contribution in [0, 0.1) is 23.2 Å². The van der Waals surface area contributed by atoms with Gasteiger partial charge in [0.2, 0.25) is 0 Å². The van der Waals surface area contributed by atoms with Crippen LogP contribution < -0.4 is 9.80 Å². The van der Waals surface area contributed by atoms with Crippen LogP contribution in [0.2, 0.25) is 0 Å². The molecule has 3 heteroatoms. The maximum atomic E-state index is 2.50. The molecule has 7 aromatic rings. The molecule has 0 amide bonds. The Kier molecular flexibility index (Phi) is 7.30. The van der Waals surface area contributed by atoms with Crippen LogP contribution >= 0.6 is 11.8 Å². The minimum absolute atomic E-state index is 0.382. The van der Waals surface area contributed by atoms with E-state index in [2.05, 4.69) is 186 Å². The van der Waals surface area contributed by atoms with Gasteiger partial charge >= 0.3 is 0 Å². The molecule has 2 nitrogen and oxygen atoms in total. The topological polar surface area (TPSA) is 6.48 Å². The van der Waals surface area contributed by atoms with Crippen molar-refractivity contribution in [2.45, 2.75) is 53.7 Å². The van der Waals surface area contributed by atoms with Crippen molar-refractivity contribution in [3.8, 4) is 22.3 Å². The van der Waals surface area contributed by atoms with Gasteiger partial charge in [-0.25, -0.2) is 0 Å². The van der Waals surface area contributed by atoms with Crippen molar-refractivity contribution < 1.29 is 0 Å². The van der Waals surface area contributed by atoms with Crippen LogP contribution in [0.1, 0.15) is 44.1 Å². The summed E-state index contributed by atoms with van der Waals surface area (Å²) in [6.07, 6.45) is 8.76. The van der Waals surface area contributed by atoms with E-state index in [-0.39, 0.29) is 0 Å². The number of hydrogen-bond donors (Lipinski definition) is 0. The molecule has 13 rings (SSSR count). The van der Waals surface area contributed by atoms with Crippen LogP contribution in [0.3, 0.4) is 0 Å². The summed E-state index contributed by atoms with van der Waals surface area (Å²) in [6.45, 7) is 0. The molecule has 1 aliphatic heterocycles. The summed E-state index contributed by atoms with van der Waals surface area (Å²) in [5, 5.41) is 0. The van der Waals surface area contributed by atoms with E-state index in [1.54, 1.807) is 5.56 Å². The summed E-state index contributed by atoms with van der Waals surface area (Å²) in [5.41, 5.74) is 14.7. The first kappa shape index (κ1) is 32.7. The number of anilines is 6. The van der Waals surface area contributed by atoms with E-state index in [0.29, 0.717) is 10.8 Å². The molecular weight excluding hydrogens is 697 g/mol. The predicted molar refractivity (Wildman–Crippen MR) is 233 cm³/mol. The zero-order valence-corrected chi connectivity index (χ0v) is 32.3. The Morgan fingerprint density at radius 3 is 1.84 bits per heavy atom. The molecule has 1 heterocycles. The van der Waals surface area contributed by atoms with Crippen molar-refractivity contribution in [3.63, 3.8) is 0 Å². The Bertz CT molecular complexity index is 2570. The van der Waals surface area contributed by atoms with Crippen LogP contribution in [0.15, 0.2) is 186 Å². The molecular formula is C53H44N2S. The molecule has 56 heavy (non-hydrogen) atoms. The fourth-order valence-corrected chi connectivity index (χ4v) is 13.3. The van der Waals surface area contributed by atoms with Crippen LogP contribution in [0.5, 0.6) is 0 Å². The summed E-state index contributed by atoms with van der Waals surface area (Å²) < 4.78 is 0. The lowest BCUT2D eigenvalue weighted by molar-refractivity contribution is -0.104. The second-order valence-electron chi connectivity index (χ2n) is 17.4. The zero-order valence-electron chi connectivity index (χ0n) is 31.5. The minimum Gasteiger partial charge on any atom is -0.310 e. The number of benzene rings is 7. The first-order valence-corrected chi connectivity index (χ1v) is 21.4. The molecule has 5 fully saturated rings. The highest BCUT2D eigenvalue weighted by molar-refractivity contribution is 7.99. The highest BCUT2D eigenvalue weighted by Gasteiger charge is 2.69. The van der Waals surface area contributed by atoms with Crippen molar-refractivity contribution in [3.05, 3.63) is 181 Å². The molecule has 0 N–H and O–H groups in total. The first-order valence-electron chi connectivity index (χ1n) is 20.5. The number of fused-ring (bicyclic) bond motifs is 3. The summed E-state index contributed by atoms with van der Waals surface area (Å²) in [7, 11) is 0. The summed E-state index contributed by atoms with van der Waals surface area (Å²) >= 11 is 1.85. The van der Waals surface area contributed by atoms with Crippen molar-refractivity contribution in [1.29, 1.82) is 0 Å². The Hall–Kier alpha value is -5.51. The average Bonchev–Trinajstić information content (AvgIpc) is 3.37. The van der Waals surface area contributed by atoms with Crippen LogP contribution in [-0.4, -0.2) is 0 Å². The van der Waals surface area contributed by atoms with Gasteiger partial charge in [0.1, 0.15) is 0 Å². The third kappa shape index (κ3) is 5.10. The number of nitrogens with zero attached hydrogens (tertiary/aromatic N) is 2. The van der Waals surface area contributed by atoms with Gasteiger partial charge in [0.25, 0.3) is 0 Å². The van der Waals surface area contributed by atoms with E-state index in [1.165, 1.54) is 87.6 Å². The van der Waals surface area contributed by atoms with Gasteiger partial charge < -0.3 is 9.80 Å². The third-order valence-electron chi connectivity index (χ3n) is 14.3. The second kappa shape index (κ2) is 12.5. The lowest BCUT2D eigenvalue weighted by atomic mass is 9.44. The van der Waals surface area contributed by atoms with Crippen LogP contribution in [-0.2, 0) is 5.41 Å². The molecule has 0 aromatic heterocycles. The molecule has 1 spiro atoms. The monoisotopic (exact) mass is 740 g/mol. The predicted octanol–water partition coefficient (Wildman–Crippen LogP) is 14.9. The lowest BCUT2D eigenvalue weighted by Crippen LogP contribution is -2.52. The van der Waals surface area contributed by atoms with Crippen molar-refractivity contribution >= 4 is 45.9 Å². The second-order valence-corrected chi connectivity index (χ2v) is 18.5. The molecule has 7 aromatic carbocycles. The van der Waals surface area contributed by atoms with Gasteiger partial charge in [0, 0.05) is 32.5 Å². The van der Waals surface area contributed by atoms with E-state index in [0.717, 1.165) is 34.8 Å². The molecule has 272 valence electrons. The van der Waals surface area contributed by atoms with Crippen LogP contribution in [0.25, 0.3) is 22.3 Å². The Labute approximate surface area is 334 Å². The summed E-state index contributed by atoms with van der Waals surface area (Å²) in [4.78, 5) is 7.43. The highest BCUT2D eigenvalue weighted by Crippen LogP contribution is 2.78. The third-order valence-corrected chi connectivity index (χ3v) is 15.4. The number of rotatable bonds is 7. The van der Waals surface area contributed by atoms with E-state index < -0.39 is 0 Å². The van der Waals surface area contributed by atoms with Gasteiger partial charge in [-0.2, -0.15) is 0 Å². The molecule has 4 bridgehead atoms. The van der Waals surface area contributed by atoms with Gasteiger partial charge in [-0.1, -0.05) is 109 Å². The highest BCUT2D eigenvalue weighted by atomic mass is 32.2. The molecule has 5 saturated carbocycles. The standard InChI is InChI=1S/C53H44N2S/c1-2-10-37(11-3-1)38-12-8-13-39(29-38)40-14-9-15-46(30-40)54(43-22-20-42(21-23-43)52-31-36-28-41-33-53(32-36,35-52)47(41)34-52)44-24-26-45(27-25-44)55-48-16-4-6-18-50(48)56-51-19-7-5-17-49(51)55/h1-27,29-30,36,41,47H,28,31-35H2. The Balaban J connectivity index is 0.941. The van der Waals surface area contributed by atoms with Crippen molar-refractivity contribution in [2.75, 3.05) is 9.80 Å². The van der Waals surface area contributed by atoms with Gasteiger partial charge in [-0.3, -0.25) is 0 Å². The van der Waals surface area contributed by atoms with Gasteiger partial charge in [-0.15, -0.1) is 0 Å². The van der Waals surface area contributed by atoms with Crippen molar-refractivity contribution in [1.82, 2.24) is 0 Å². The van der Waals surface area contributed by atoms with Gasteiger partial charge in [0.05, 0.1) is 11.4 Å². The lowest BCUT2D eigenvalue weighted by Gasteiger charge is -2.61. The molecule has 5 atom stereocenters. The quantitative estimate of drug-likeness (QED) is 0.161. The normalized spacial score (nSPS) is 24.9. The number of para-hydroxylation sites is 2. The van der Waals surface area contributed by atoms with E-state index in [9.17, 15) is 0 Å². The molecule has 0 radical (unpaired) electrons. The largest absolute Gasteiger partial charge is 0.310 e. The molecule has 0 saturated heterocycles. The van der Waals surface area contributed by atoms with Gasteiger partial charge in [-0.05, 0) is 174 Å². The van der Waals surface area contributed by atoms with E-state index in [1.807, 2.05) is 11.8 Å². The number of hydrogen-bond acceptors (Lipinski definition) is 3. The van der Waals surface area contributed by atoms with Crippen molar-refractivity contribution in [2.24, 2.45) is 23.2 Å². The molecule has 6 aliphatic rings. The fourth-order valence-electron chi connectivity index (χ4n) is 12.2.